The molecule has 0 saturated heterocycles. The smallest absolute Gasteiger partial charge is 0.252 e. The number of aryl methyl sites for hydroxylation is 2. The van der Waals surface area contributed by atoms with Crippen LogP contribution in [0.15, 0.2) is 28.9 Å². The molecule has 2 aromatic rings. The highest BCUT2D eigenvalue weighted by Gasteiger charge is 2.17. The molecule has 2 rings (SSSR count). The normalized spacial score (nSPS) is 12.2. The summed E-state index contributed by atoms with van der Waals surface area (Å²) < 4.78 is 2.61. The van der Waals surface area contributed by atoms with Crippen LogP contribution in [0.2, 0.25) is 0 Å². The molecule has 0 bridgehead atoms. The van der Waals surface area contributed by atoms with Crippen LogP contribution >= 0.6 is 15.9 Å². The molecule has 5 heteroatoms. The standard InChI is InChI=1S/C15H18BrN3O/c1-9-5-6-14(16)12(7-9)15(20)18-10(2)13-8-17-19(4)11(13)3/h5-8,10H,1-4H3,(H,18,20). The van der Waals surface area contributed by atoms with Gasteiger partial charge in [-0.25, -0.2) is 0 Å². The topological polar surface area (TPSA) is 46.9 Å². The summed E-state index contributed by atoms with van der Waals surface area (Å²) in [6.45, 7) is 5.93. The SMILES string of the molecule is Cc1ccc(Br)c(C(=O)NC(C)c2cnn(C)c2C)c1. The van der Waals surface area contributed by atoms with Gasteiger partial charge in [0.25, 0.3) is 5.91 Å². The lowest BCUT2D eigenvalue weighted by Gasteiger charge is -2.15. The summed E-state index contributed by atoms with van der Waals surface area (Å²) in [5.74, 6) is -0.0867. The van der Waals surface area contributed by atoms with Gasteiger partial charge in [0.05, 0.1) is 17.8 Å². The van der Waals surface area contributed by atoms with Crippen LogP contribution in [0.3, 0.4) is 0 Å². The number of carbonyl (C=O) groups excluding carboxylic acids is 1. The minimum Gasteiger partial charge on any atom is -0.345 e. The Labute approximate surface area is 127 Å². The molecule has 1 unspecified atom stereocenters. The van der Waals surface area contributed by atoms with Gasteiger partial charge in [-0.05, 0) is 48.8 Å². The molecule has 0 aliphatic carbocycles. The predicted molar refractivity (Wildman–Crippen MR) is 82.7 cm³/mol. The first-order valence-corrected chi connectivity index (χ1v) is 7.25. The molecule has 1 atom stereocenters. The zero-order chi connectivity index (χ0) is 14.9. The van der Waals surface area contributed by atoms with E-state index in [1.807, 2.05) is 46.0 Å². The third-order valence-corrected chi connectivity index (χ3v) is 4.15. The zero-order valence-corrected chi connectivity index (χ0v) is 13.7. The second kappa shape index (κ2) is 5.79. The van der Waals surface area contributed by atoms with E-state index in [-0.39, 0.29) is 11.9 Å². The van der Waals surface area contributed by atoms with Gasteiger partial charge in [-0.1, -0.05) is 11.6 Å². The third-order valence-electron chi connectivity index (χ3n) is 3.45. The number of nitrogens with one attached hydrogen (secondary N) is 1. The summed E-state index contributed by atoms with van der Waals surface area (Å²) in [6, 6.07) is 5.66. The van der Waals surface area contributed by atoms with Gasteiger partial charge in [0.2, 0.25) is 0 Å². The number of amides is 1. The van der Waals surface area contributed by atoms with E-state index in [4.69, 9.17) is 0 Å². The average molecular weight is 336 g/mol. The molecule has 1 amide bonds. The fraction of sp³-hybridized carbons (Fsp3) is 0.333. The Morgan fingerprint density at radius 1 is 1.40 bits per heavy atom. The molecule has 1 aromatic heterocycles. The Morgan fingerprint density at radius 2 is 2.10 bits per heavy atom. The van der Waals surface area contributed by atoms with Crippen molar-refractivity contribution in [2.24, 2.45) is 7.05 Å². The molecular formula is C15H18BrN3O. The fourth-order valence-corrected chi connectivity index (χ4v) is 2.53. The summed E-state index contributed by atoms with van der Waals surface area (Å²) in [5.41, 5.74) is 3.80. The van der Waals surface area contributed by atoms with E-state index >= 15 is 0 Å². The molecule has 0 spiro atoms. The van der Waals surface area contributed by atoms with Crippen molar-refractivity contribution in [1.29, 1.82) is 0 Å². The van der Waals surface area contributed by atoms with Gasteiger partial charge >= 0.3 is 0 Å². The highest BCUT2D eigenvalue weighted by atomic mass is 79.9. The van der Waals surface area contributed by atoms with Crippen LogP contribution in [0.25, 0.3) is 0 Å². The van der Waals surface area contributed by atoms with Crippen molar-refractivity contribution in [2.45, 2.75) is 26.8 Å². The number of halogens is 1. The quantitative estimate of drug-likeness (QED) is 0.935. The molecule has 0 saturated carbocycles. The summed E-state index contributed by atoms with van der Waals surface area (Å²) in [5, 5.41) is 7.22. The van der Waals surface area contributed by atoms with Crippen LogP contribution in [-0.4, -0.2) is 15.7 Å². The molecule has 1 aromatic carbocycles. The number of benzene rings is 1. The third kappa shape index (κ3) is 2.93. The first kappa shape index (κ1) is 14.8. The van der Waals surface area contributed by atoms with Crippen LogP contribution < -0.4 is 5.32 Å². The van der Waals surface area contributed by atoms with Crippen molar-refractivity contribution in [3.63, 3.8) is 0 Å². The number of hydrogen-bond donors (Lipinski definition) is 1. The highest BCUT2D eigenvalue weighted by molar-refractivity contribution is 9.10. The molecule has 1 N–H and O–H groups in total. The lowest BCUT2D eigenvalue weighted by atomic mass is 10.1. The van der Waals surface area contributed by atoms with Gasteiger partial charge in [0, 0.05) is 22.8 Å². The van der Waals surface area contributed by atoms with Crippen LogP contribution in [0.1, 0.15) is 40.1 Å². The lowest BCUT2D eigenvalue weighted by molar-refractivity contribution is 0.0939. The van der Waals surface area contributed by atoms with E-state index < -0.39 is 0 Å². The number of nitrogens with zero attached hydrogens (tertiary/aromatic N) is 2. The first-order valence-electron chi connectivity index (χ1n) is 6.45. The van der Waals surface area contributed by atoms with Crippen molar-refractivity contribution >= 4 is 21.8 Å². The van der Waals surface area contributed by atoms with Crippen molar-refractivity contribution in [3.05, 3.63) is 51.3 Å². The molecule has 0 fully saturated rings. The van der Waals surface area contributed by atoms with Crippen LogP contribution in [0.4, 0.5) is 0 Å². The van der Waals surface area contributed by atoms with Crippen molar-refractivity contribution in [3.8, 4) is 0 Å². The molecule has 0 radical (unpaired) electrons. The molecule has 20 heavy (non-hydrogen) atoms. The monoisotopic (exact) mass is 335 g/mol. The predicted octanol–water partition coefficient (Wildman–Crippen LogP) is 3.29. The highest BCUT2D eigenvalue weighted by Crippen LogP contribution is 2.21. The van der Waals surface area contributed by atoms with Crippen molar-refractivity contribution < 1.29 is 4.79 Å². The largest absolute Gasteiger partial charge is 0.345 e. The second-order valence-electron chi connectivity index (χ2n) is 4.99. The van der Waals surface area contributed by atoms with Gasteiger partial charge in [-0.3, -0.25) is 9.48 Å². The van der Waals surface area contributed by atoms with E-state index in [9.17, 15) is 4.79 Å². The summed E-state index contributed by atoms with van der Waals surface area (Å²) in [6.07, 6.45) is 1.80. The van der Waals surface area contributed by atoms with Crippen molar-refractivity contribution in [1.82, 2.24) is 15.1 Å². The summed E-state index contributed by atoms with van der Waals surface area (Å²) in [4.78, 5) is 12.4. The van der Waals surface area contributed by atoms with Crippen LogP contribution in [-0.2, 0) is 7.05 Å². The van der Waals surface area contributed by atoms with Gasteiger partial charge in [0.1, 0.15) is 0 Å². The fourth-order valence-electron chi connectivity index (χ4n) is 2.11. The molecule has 0 aliphatic heterocycles. The Hall–Kier alpha value is -1.62. The number of rotatable bonds is 3. The van der Waals surface area contributed by atoms with Crippen LogP contribution in [0, 0.1) is 13.8 Å². The Bertz CT molecular complexity index is 649. The summed E-state index contributed by atoms with van der Waals surface area (Å²) in [7, 11) is 1.89. The van der Waals surface area contributed by atoms with Gasteiger partial charge < -0.3 is 5.32 Å². The Morgan fingerprint density at radius 3 is 2.70 bits per heavy atom. The van der Waals surface area contributed by atoms with E-state index in [1.165, 1.54) is 0 Å². The van der Waals surface area contributed by atoms with Gasteiger partial charge in [-0.15, -0.1) is 0 Å². The van der Waals surface area contributed by atoms with E-state index in [2.05, 4.69) is 26.3 Å². The van der Waals surface area contributed by atoms with Gasteiger partial charge in [0.15, 0.2) is 0 Å². The first-order chi connectivity index (χ1) is 9.40. The number of carbonyl (C=O) groups is 1. The zero-order valence-electron chi connectivity index (χ0n) is 12.1. The second-order valence-corrected chi connectivity index (χ2v) is 5.84. The van der Waals surface area contributed by atoms with Gasteiger partial charge in [-0.2, -0.15) is 5.10 Å². The maximum Gasteiger partial charge on any atom is 0.252 e. The summed E-state index contributed by atoms with van der Waals surface area (Å²) >= 11 is 3.42. The maximum atomic E-state index is 12.4. The minimum absolute atomic E-state index is 0.0800. The molecule has 106 valence electrons. The van der Waals surface area contributed by atoms with E-state index in [0.717, 1.165) is 21.3 Å². The number of aromatic nitrogens is 2. The minimum atomic E-state index is -0.0867. The maximum absolute atomic E-state index is 12.4. The Balaban J connectivity index is 2.19. The number of hydrogen-bond acceptors (Lipinski definition) is 2. The Kier molecular flexibility index (Phi) is 4.28. The van der Waals surface area contributed by atoms with E-state index in [0.29, 0.717) is 5.56 Å². The van der Waals surface area contributed by atoms with E-state index in [1.54, 1.807) is 10.9 Å². The molecule has 0 aliphatic rings. The van der Waals surface area contributed by atoms with Crippen LogP contribution in [0.5, 0.6) is 0 Å². The molecule has 4 nitrogen and oxygen atoms in total. The molecule has 1 heterocycles. The molecular weight excluding hydrogens is 318 g/mol. The van der Waals surface area contributed by atoms with Crippen molar-refractivity contribution in [2.75, 3.05) is 0 Å². The average Bonchev–Trinajstić information content (AvgIpc) is 2.73. The lowest BCUT2D eigenvalue weighted by Crippen LogP contribution is -2.27.